The Labute approximate surface area is 207 Å². The van der Waals surface area contributed by atoms with Gasteiger partial charge in [-0.05, 0) is 54.8 Å². The maximum absolute atomic E-state index is 12.8. The summed E-state index contributed by atoms with van der Waals surface area (Å²) in [6.45, 7) is 0.550. The molecule has 4 N–H and O–H groups in total. The number of nitrogens with two attached hydrogens (primary N) is 1. The number of rotatable bonds is 6. The second-order valence-electron chi connectivity index (χ2n) is 8.26. The van der Waals surface area contributed by atoms with E-state index in [0.717, 1.165) is 21.3 Å². The van der Waals surface area contributed by atoms with E-state index in [-0.39, 0.29) is 11.4 Å². The minimum Gasteiger partial charge on any atom is -0.392 e. The van der Waals surface area contributed by atoms with Gasteiger partial charge in [-0.2, -0.15) is 4.31 Å². The van der Waals surface area contributed by atoms with Gasteiger partial charge in [0.25, 0.3) is 0 Å². The quantitative estimate of drug-likeness (QED) is 0.359. The van der Waals surface area contributed by atoms with Gasteiger partial charge in [-0.3, -0.25) is 0 Å². The van der Waals surface area contributed by atoms with Crippen molar-refractivity contribution in [3.05, 3.63) is 66.0 Å². The third kappa shape index (κ3) is 5.33. The van der Waals surface area contributed by atoms with Crippen LogP contribution < -0.4 is 11.1 Å². The lowest BCUT2D eigenvalue weighted by molar-refractivity contribution is 0.108. The number of thiazole rings is 1. The lowest BCUT2D eigenvalue weighted by Gasteiger charge is -2.29. The standard InChI is InChI=1S/C24H24N6O3S2/c25-23-29-21-10-5-16(12-22(21)34-23)3-4-17-13-26-24(27-14-17)28-18-6-8-20(9-7-18)35(32,33)30-11-1-2-19(31)15-30/h3-10,12-14,19,31H,1-2,11,15H2,(H2,25,29)(H,26,27,28). The van der Waals surface area contributed by atoms with Gasteiger partial charge in [-0.15, -0.1) is 0 Å². The van der Waals surface area contributed by atoms with E-state index in [1.807, 2.05) is 30.4 Å². The number of hydrogen-bond acceptors (Lipinski definition) is 9. The summed E-state index contributed by atoms with van der Waals surface area (Å²) in [6, 6.07) is 12.4. The maximum atomic E-state index is 12.8. The number of aliphatic hydroxyl groups is 1. The molecule has 0 saturated carbocycles. The molecule has 1 saturated heterocycles. The minimum atomic E-state index is -3.63. The van der Waals surface area contributed by atoms with Crippen molar-refractivity contribution in [2.75, 3.05) is 24.1 Å². The molecule has 180 valence electrons. The predicted octanol–water partition coefficient (Wildman–Crippen LogP) is 3.73. The Hall–Kier alpha value is -3.38. The van der Waals surface area contributed by atoms with Gasteiger partial charge in [0.1, 0.15) is 0 Å². The van der Waals surface area contributed by atoms with E-state index in [0.29, 0.717) is 36.2 Å². The fourth-order valence-electron chi connectivity index (χ4n) is 3.87. The SMILES string of the molecule is Nc1nc2ccc(C=Cc3cnc(Nc4ccc(S(=O)(=O)N5CCCC(O)C5)cc4)nc3)cc2s1. The van der Waals surface area contributed by atoms with Crippen LogP contribution in [0.3, 0.4) is 0 Å². The van der Waals surface area contributed by atoms with Crippen molar-refractivity contribution in [3.8, 4) is 0 Å². The molecule has 0 spiro atoms. The number of aromatic nitrogens is 3. The summed E-state index contributed by atoms with van der Waals surface area (Å²) >= 11 is 1.45. The topological polar surface area (TPSA) is 134 Å². The van der Waals surface area contributed by atoms with Crippen LogP contribution in [0, 0.1) is 0 Å². The first-order valence-electron chi connectivity index (χ1n) is 11.1. The average molecular weight is 509 g/mol. The molecule has 5 rings (SSSR count). The highest BCUT2D eigenvalue weighted by Crippen LogP contribution is 2.26. The number of β-amino-alcohol motifs (C(OH)–C–C–N with tert-alkyl or cyclic N) is 1. The molecule has 0 bridgehead atoms. The van der Waals surface area contributed by atoms with Gasteiger partial charge >= 0.3 is 0 Å². The van der Waals surface area contributed by atoms with Crippen LogP contribution in [0.15, 0.2) is 59.8 Å². The molecule has 2 aromatic heterocycles. The van der Waals surface area contributed by atoms with Crippen LogP contribution in [0.4, 0.5) is 16.8 Å². The van der Waals surface area contributed by atoms with Crippen LogP contribution in [-0.2, 0) is 10.0 Å². The Morgan fingerprint density at radius 2 is 1.83 bits per heavy atom. The molecule has 2 aromatic carbocycles. The molecule has 1 aliphatic rings. The van der Waals surface area contributed by atoms with Crippen molar-refractivity contribution in [1.82, 2.24) is 19.3 Å². The molecule has 4 aromatic rings. The molecule has 1 unspecified atom stereocenters. The molecule has 9 nitrogen and oxygen atoms in total. The number of nitrogens with zero attached hydrogens (tertiary/aromatic N) is 4. The molecule has 1 aliphatic heterocycles. The van der Waals surface area contributed by atoms with E-state index in [1.54, 1.807) is 36.7 Å². The smallest absolute Gasteiger partial charge is 0.243 e. The summed E-state index contributed by atoms with van der Waals surface area (Å²) in [4.78, 5) is 13.1. The Bertz CT molecular complexity index is 1470. The first-order chi connectivity index (χ1) is 16.9. The number of piperidine rings is 1. The molecule has 35 heavy (non-hydrogen) atoms. The maximum Gasteiger partial charge on any atom is 0.243 e. The highest BCUT2D eigenvalue weighted by molar-refractivity contribution is 7.89. The number of anilines is 3. The number of nitrogen functional groups attached to an aromatic ring is 1. The number of nitrogens with one attached hydrogen (secondary N) is 1. The normalized spacial score (nSPS) is 17.2. The third-order valence-corrected chi connectivity index (χ3v) is 8.40. The lowest BCUT2D eigenvalue weighted by Crippen LogP contribution is -2.42. The largest absolute Gasteiger partial charge is 0.392 e. The summed E-state index contributed by atoms with van der Waals surface area (Å²) in [7, 11) is -3.63. The van der Waals surface area contributed by atoms with Crippen molar-refractivity contribution in [1.29, 1.82) is 0 Å². The number of sulfonamides is 1. The average Bonchev–Trinajstić information content (AvgIpc) is 3.23. The highest BCUT2D eigenvalue weighted by Gasteiger charge is 2.29. The third-order valence-electron chi connectivity index (χ3n) is 5.68. The molecule has 3 heterocycles. The number of benzene rings is 2. The van der Waals surface area contributed by atoms with Gasteiger partial charge in [0.05, 0.1) is 21.2 Å². The van der Waals surface area contributed by atoms with Crippen LogP contribution >= 0.6 is 11.3 Å². The molecular formula is C24H24N6O3S2. The predicted molar refractivity (Wildman–Crippen MR) is 139 cm³/mol. The van der Waals surface area contributed by atoms with Crippen LogP contribution in [0.5, 0.6) is 0 Å². The molecule has 1 fully saturated rings. The lowest BCUT2D eigenvalue weighted by atomic mass is 10.1. The van der Waals surface area contributed by atoms with Gasteiger partial charge in [-0.1, -0.05) is 29.6 Å². The van der Waals surface area contributed by atoms with Crippen molar-refractivity contribution in [2.45, 2.75) is 23.8 Å². The van der Waals surface area contributed by atoms with Crippen molar-refractivity contribution in [2.24, 2.45) is 0 Å². The van der Waals surface area contributed by atoms with E-state index in [2.05, 4.69) is 20.3 Å². The summed E-state index contributed by atoms with van der Waals surface area (Å²) in [5.41, 5.74) is 9.19. The summed E-state index contributed by atoms with van der Waals surface area (Å²) in [5.74, 6) is 0.401. The van der Waals surface area contributed by atoms with Crippen molar-refractivity contribution >= 4 is 60.5 Å². The second kappa shape index (κ2) is 9.70. The van der Waals surface area contributed by atoms with E-state index in [4.69, 9.17) is 5.73 Å². The molecule has 1 atom stereocenters. The van der Waals surface area contributed by atoms with Crippen LogP contribution in [0.2, 0.25) is 0 Å². The number of aliphatic hydroxyl groups excluding tert-OH is 1. The molecule has 0 radical (unpaired) electrons. The zero-order valence-corrected chi connectivity index (χ0v) is 20.3. The van der Waals surface area contributed by atoms with E-state index in [9.17, 15) is 13.5 Å². The van der Waals surface area contributed by atoms with Crippen molar-refractivity contribution in [3.63, 3.8) is 0 Å². The first-order valence-corrected chi connectivity index (χ1v) is 13.3. The van der Waals surface area contributed by atoms with Gasteiger partial charge in [0, 0.05) is 36.7 Å². The Kier molecular flexibility index (Phi) is 6.48. The second-order valence-corrected chi connectivity index (χ2v) is 11.3. The fourth-order valence-corrected chi connectivity index (χ4v) is 6.17. The van der Waals surface area contributed by atoms with Crippen LogP contribution in [0.25, 0.3) is 22.4 Å². The van der Waals surface area contributed by atoms with E-state index in [1.165, 1.54) is 15.6 Å². The fraction of sp³-hybridized carbons (Fsp3) is 0.208. The zero-order valence-electron chi connectivity index (χ0n) is 18.7. The Morgan fingerprint density at radius 1 is 1.09 bits per heavy atom. The zero-order chi connectivity index (χ0) is 24.4. The van der Waals surface area contributed by atoms with Crippen LogP contribution in [0.1, 0.15) is 24.0 Å². The number of hydrogen-bond donors (Lipinski definition) is 3. The van der Waals surface area contributed by atoms with Crippen molar-refractivity contribution < 1.29 is 13.5 Å². The molecule has 11 heteroatoms. The number of fused-ring (bicyclic) bond motifs is 1. The summed E-state index contributed by atoms with van der Waals surface area (Å²) < 4.78 is 28.0. The minimum absolute atomic E-state index is 0.130. The molecule has 0 aliphatic carbocycles. The van der Waals surface area contributed by atoms with Gasteiger partial charge in [0.2, 0.25) is 16.0 Å². The highest BCUT2D eigenvalue weighted by atomic mass is 32.2. The Morgan fingerprint density at radius 3 is 2.57 bits per heavy atom. The van der Waals surface area contributed by atoms with Gasteiger partial charge in [-0.25, -0.2) is 23.4 Å². The van der Waals surface area contributed by atoms with Crippen LogP contribution in [-0.4, -0.2) is 52.0 Å². The monoisotopic (exact) mass is 508 g/mol. The molecule has 0 amide bonds. The first kappa shape index (κ1) is 23.4. The molecular weight excluding hydrogens is 484 g/mol. The Balaban J connectivity index is 1.23. The van der Waals surface area contributed by atoms with E-state index >= 15 is 0 Å². The van der Waals surface area contributed by atoms with Gasteiger partial charge < -0.3 is 16.2 Å². The van der Waals surface area contributed by atoms with Gasteiger partial charge in [0.15, 0.2) is 5.13 Å². The van der Waals surface area contributed by atoms with E-state index < -0.39 is 16.1 Å². The summed E-state index contributed by atoms with van der Waals surface area (Å²) in [5, 5.41) is 13.4. The summed E-state index contributed by atoms with van der Waals surface area (Å²) in [6.07, 6.45) is 7.97.